The van der Waals surface area contributed by atoms with Gasteiger partial charge in [0.2, 0.25) is 0 Å². The Morgan fingerprint density at radius 3 is 1.35 bits per heavy atom. The summed E-state index contributed by atoms with van der Waals surface area (Å²) >= 11 is 0. The van der Waals surface area contributed by atoms with Gasteiger partial charge >= 0.3 is 43.2 Å². The van der Waals surface area contributed by atoms with E-state index < -0.39 is 91.0 Å². The number of alkyl halides is 4. The lowest BCUT2D eigenvalue weighted by atomic mass is 9.81. The molecule has 8 N–H and O–H groups in total. The summed E-state index contributed by atoms with van der Waals surface area (Å²) in [4.78, 5) is 73.2. The Bertz CT molecular complexity index is 2840. The Kier molecular flexibility index (Phi) is 24.4. The second-order valence-electron chi connectivity index (χ2n) is 24.4. The molecule has 4 saturated heterocycles. The standard InChI is InChI=1S/C24H34N2O6.C18H22F2N2O5.C16H22N2O4.C4H6F2O2/c1-23(2,3)32-21(27)25-13-18-14-26(22(28)29-18)17-9-6-15(7-10-17)16-8-11-19-20(12-16)31-24(4,5)30-19;19-16(20)17(25)21-8-13-9-22(18(26)27-13)12-4-1-10(2-5-12)11-3-6-14(23)15(24)7-11;17-8-13-9-18(16(21)22-13)12-4-1-10(2-5-12)11-3-6-14(19)15(20)7-11;1-2-8-4(7)3(5)6/h6-7,9-10,16,18-20H,8,11-14H2,1-5H3,(H,25,27);1-2,4-5,11,13-16,23-24H,3,6-9H2,(H,21,25);1-2,4-5,11,13-15,19-20H,3,6-9,17H2;3H,2H2,1H3/t16?,18-,19?,20-;2*11?,13-,14?,15-;/m000./s1. The van der Waals surface area contributed by atoms with Crippen molar-refractivity contribution in [2.45, 2.75) is 196 Å². The minimum atomic E-state index is -3.11. The molecule has 12 atom stereocenters. The number of halogens is 4. The summed E-state index contributed by atoms with van der Waals surface area (Å²) in [6, 6.07) is 23.1. The Labute approximate surface area is 514 Å². The van der Waals surface area contributed by atoms with E-state index in [1.165, 1.54) is 17.4 Å². The molecule has 10 rings (SSSR count). The monoisotopic (exact) mass is 1260 g/mol. The Hall–Kier alpha value is -6.88. The number of amides is 5. The number of esters is 1. The number of hydrogen-bond donors (Lipinski definition) is 7. The fourth-order valence-electron chi connectivity index (χ4n) is 11.6. The van der Waals surface area contributed by atoms with Gasteiger partial charge in [-0.3, -0.25) is 19.5 Å². The van der Waals surface area contributed by atoms with Crippen LogP contribution in [0, 0.1) is 0 Å². The molecule has 0 spiro atoms. The van der Waals surface area contributed by atoms with Crippen molar-refractivity contribution in [1.29, 1.82) is 0 Å². The summed E-state index contributed by atoms with van der Waals surface area (Å²) in [6.45, 7) is 12.2. The van der Waals surface area contributed by atoms with Crippen LogP contribution < -0.4 is 31.1 Å². The third-order valence-corrected chi connectivity index (χ3v) is 16.1. The summed E-state index contributed by atoms with van der Waals surface area (Å²) in [5.41, 5.74) is 10.5. The zero-order valence-corrected chi connectivity index (χ0v) is 50.9. The molecule has 3 aliphatic carbocycles. The number of anilines is 3. The number of hydrogen-bond acceptors (Lipinski definition) is 18. The van der Waals surface area contributed by atoms with Gasteiger partial charge in [0.05, 0.1) is 76.0 Å². The van der Waals surface area contributed by atoms with Crippen molar-refractivity contribution >= 4 is 53.3 Å². The van der Waals surface area contributed by atoms with Gasteiger partial charge in [-0.2, -0.15) is 17.6 Å². The first-order chi connectivity index (χ1) is 42.1. The molecular weight excluding hydrogens is 1180 g/mol. The lowest BCUT2D eigenvalue weighted by Crippen LogP contribution is -2.38. The summed E-state index contributed by atoms with van der Waals surface area (Å²) in [5, 5.41) is 43.5. The number of nitrogens with two attached hydrogens (primary N) is 1. The molecule has 23 nitrogen and oxygen atoms in total. The molecule has 5 amide bonds. The van der Waals surface area contributed by atoms with Crippen LogP contribution in [-0.4, -0.2) is 182 Å². The number of rotatable bonds is 14. The number of carbonyl (C=O) groups excluding carboxylic acids is 6. The highest BCUT2D eigenvalue weighted by Crippen LogP contribution is 2.43. The third kappa shape index (κ3) is 19.8. The second kappa shape index (κ2) is 31.2. The summed E-state index contributed by atoms with van der Waals surface area (Å²) < 4.78 is 83.5. The highest BCUT2D eigenvalue weighted by atomic mass is 19.3. The van der Waals surface area contributed by atoms with Gasteiger partial charge in [0.1, 0.15) is 23.9 Å². The predicted molar refractivity (Wildman–Crippen MR) is 315 cm³/mol. The maximum atomic E-state index is 12.4. The normalized spacial score (nSPS) is 28.0. The fraction of sp³-hybridized carbons (Fsp3) is 0.613. The number of alkyl carbamates (subject to hydrolysis) is 1. The van der Waals surface area contributed by atoms with Gasteiger partial charge in [0, 0.05) is 23.6 Å². The van der Waals surface area contributed by atoms with Gasteiger partial charge in [-0.05, 0) is 170 Å². The zero-order chi connectivity index (χ0) is 64.9. The van der Waals surface area contributed by atoms with Gasteiger partial charge in [-0.15, -0.1) is 0 Å². The molecule has 3 aromatic carbocycles. The quantitative estimate of drug-likeness (QED) is 0.0467. The average molecular weight is 1260 g/mol. The lowest BCUT2D eigenvalue weighted by molar-refractivity contribution is -0.155. The number of aliphatic hydroxyl groups excluding tert-OH is 4. The van der Waals surface area contributed by atoms with Crippen molar-refractivity contribution in [3.8, 4) is 0 Å². The number of cyclic esters (lactones) is 3. The van der Waals surface area contributed by atoms with Gasteiger partial charge in [0.25, 0.3) is 5.91 Å². The van der Waals surface area contributed by atoms with Crippen molar-refractivity contribution in [1.82, 2.24) is 10.6 Å². The van der Waals surface area contributed by atoms with Crippen LogP contribution in [0.2, 0.25) is 0 Å². The Balaban J connectivity index is 0.000000181. The number of benzene rings is 3. The molecule has 27 heteroatoms. The van der Waals surface area contributed by atoms with E-state index in [0.29, 0.717) is 56.9 Å². The van der Waals surface area contributed by atoms with E-state index in [1.54, 1.807) is 42.7 Å². The van der Waals surface area contributed by atoms with Crippen LogP contribution in [0.1, 0.15) is 134 Å². The van der Waals surface area contributed by atoms with Gasteiger partial charge in [-0.25, -0.2) is 24.0 Å². The molecule has 3 saturated carbocycles. The van der Waals surface area contributed by atoms with Gasteiger partial charge in [0.15, 0.2) is 5.79 Å². The number of carbonyl (C=O) groups is 6. The molecule has 89 heavy (non-hydrogen) atoms. The average Bonchev–Trinajstić information content (AvgIpc) is 2.24. The molecule has 4 heterocycles. The smallest absolute Gasteiger partial charge is 0.414 e. The van der Waals surface area contributed by atoms with Crippen molar-refractivity contribution in [2.24, 2.45) is 5.73 Å². The molecule has 492 valence electrons. The molecule has 7 aliphatic rings. The van der Waals surface area contributed by atoms with Crippen LogP contribution in [0.15, 0.2) is 72.8 Å². The topological polar surface area (TPSA) is 308 Å². The van der Waals surface area contributed by atoms with E-state index in [0.717, 1.165) is 54.6 Å². The third-order valence-electron chi connectivity index (χ3n) is 16.1. The largest absolute Gasteiger partial charge is 0.462 e. The van der Waals surface area contributed by atoms with Crippen LogP contribution in [0.25, 0.3) is 0 Å². The first-order valence-corrected chi connectivity index (χ1v) is 30.1. The Morgan fingerprint density at radius 1 is 0.584 bits per heavy atom. The molecular formula is C62H84F4N6O17. The molecule has 4 aliphatic heterocycles. The highest BCUT2D eigenvalue weighted by molar-refractivity contribution is 5.91. The first kappa shape index (κ1) is 69.6. The van der Waals surface area contributed by atoms with E-state index in [4.69, 9.17) is 34.2 Å². The number of ether oxygens (including phenoxy) is 7. The summed E-state index contributed by atoms with van der Waals surface area (Å²) in [7, 11) is 0. The molecule has 0 aromatic heterocycles. The minimum Gasteiger partial charge on any atom is -0.462 e. The van der Waals surface area contributed by atoms with Crippen molar-refractivity contribution in [3.63, 3.8) is 0 Å². The molecule has 6 unspecified atom stereocenters. The van der Waals surface area contributed by atoms with Crippen LogP contribution in [0.4, 0.5) is 53.8 Å². The summed E-state index contributed by atoms with van der Waals surface area (Å²) in [6.07, 6.45) is -4.88. The Morgan fingerprint density at radius 2 is 0.978 bits per heavy atom. The molecule has 0 radical (unpaired) electrons. The van der Waals surface area contributed by atoms with E-state index in [9.17, 15) is 66.8 Å². The summed E-state index contributed by atoms with van der Waals surface area (Å²) in [5.74, 6) is -2.55. The van der Waals surface area contributed by atoms with E-state index >= 15 is 0 Å². The van der Waals surface area contributed by atoms with E-state index in [-0.39, 0.29) is 62.5 Å². The number of nitrogens with zero attached hydrogens (tertiary/aromatic N) is 3. The number of fused-ring (bicyclic) bond motifs is 1. The fourth-order valence-corrected chi connectivity index (χ4v) is 11.6. The van der Waals surface area contributed by atoms with Crippen molar-refractivity contribution in [2.75, 3.05) is 60.6 Å². The van der Waals surface area contributed by atoms with Gasteiger partial charge < -0.3 is 70.0 Å². The maximum absolute atomic E-state index is 12.4. The second-order valence-corrected chi connectivity index (χ2v) is 24.4. The van der Waals surface area contributed by atoms with Crippen LogP contribution in [0.3, 0.4) is 0 Å². The lowest BCUT2D eigenvalue weighted by Gasteiger charge is -2.30. The maximum Gasteiger partial charge on any atom is 0.414 e. The SMILES string of the molecule is CC(C)(C)OC(=O)NC[C@H]1CN(c2ccc(C3CCC4OC(C)(C)O[C@H]4C3)cc2)C(=O)O1.CCOC(=O)C(F)F.NC[C@H]1CN(c2ccc(C3CCC(O)[C@@H](O)C3)cc2)C(=O)O1.O=C(NC[C@H]1CN(c2ccc(C3CCC(O)[C@@H](O)C3)cc2)C(=O)O1)C(F)F. The minimum absolute atomic E-state index is 0.00315. The van der Waals surface area contributed by atoms with Gasteiger partial charge in [-0.1, -0.05) is 36.4 Å². The van der Waals surface area contributed by atoms with E-state index in [1.807, 2.05) is 67.7 Å². The van der Waals surface area contributed by atoms with Crippen LogP contribution in [-0.2, 0) is 42.7 Å². The predicted octanol–water partition coefficient (Wildman–Crippen LogP) is 7.48. The molecule has 7 fully saturated rings. The van der Waals surface area contributed by atoms with Crippen molar-refractivity contribution < 1.29 is 99.9 Å². The molecule has 0 bridgehead atoms. The van der Waals surface area contributed by atoms with Crippen molar-refractivity contribution in [3.05, 3.63) is 89.5 Å². The highest BCUT2D eigenvalue weighted by Gasteiger charge is 2.45. The van der Waals surface area contributed by atoms with Crippen LogP contribution in [0.5, 0.6) is 0 Å². The number of nitrogens with one attached hydrogen (secondary N) is 2. The van der Waals surface area contributed by atoms with Crippen LogP contribution >= 0.6 is 0 Å². The zero-order valence-electron chi connectivity index (χ0n) is 50.9. The number of aliphatic hydroxyl groups is 4. The first-order valence-electron chi connectivity index (χ1n) is 30.1. The molecule has 3 aromatic rings. The van der Waals surface area contributed by atoms with E-state index in [2.05, 4.69) is 22.2 Å².